The molecule has 0 radical (unpaired) electrons. The Bertz CT molecular complexity index is 1160. The van der Waals surface area contributed by atoms with Gasteiger partial charge in [-0.2, -0.15) is 0 Å². The van der Waals surface area contributed by atoms with Crippen LogP contribution in [0.3, 0.4) is 0 Å². The second-order valence-corrected chi connectivity index (χ2v) is 10.2. The molecule has 178 valence electrons. The van der Waals surface area contributed by atoms with Gasteiger partial charge in [-0.25, -0.2) is 8.42 Å². The highest BCUT2D eigenvalue weighted by molar-refractivity contribution is 7.92. The van der Waals surface area contributed by atoms with Crippen LogP contribution in [0, 0.1) is 17.0 Å². The monoisotopic (exact) mass is 475 g/mol. The number of rotatable bonds is 8. The maximum Gasteiger partial charge on any atom is 0.274 e. The molecule has 1 amide bonds. The molecule has 0 saturated carbocycles. The van der Waals surface area contributed by atoms with Crippen LogP contribution in [0.15, 0.2) is 42.5 Å². The van der Waals surface area contributed by atoms with Crippen molar-refractivity contribution < 1.29 is 22.9 Å². The lowest BCUT2D eigenvalue weighted by atomic mass is 9.83. The van der Waals surface area contributed by atoms with Gasteiger partial charge in [-0.3, -0.25) is 19.2 Å². The summed E-state index contributed by atoms with van der Waals surface area (Å²) >= 11 is 0. The number of para-hydroxylation sites is 1. The van der Waals surface area contributed by atoms with Crippen molar-refractivity contribution in [1.82, 2.24) is 5.32 Å². The van der Waals surface area contributed by atoms with E-state index in [9.17, 15) is 23.3 Å². The first-order chi connectivity index (χ1) is 15.5. The van der Waals surface area contributed by atoms with Crippen LogP contribution in [-0.4, -0.2) is 37.6 Å². The minimum atomic E-state index is -3.89. The number of nitro groups is 1. The minimum Gasteiger partial charge on any atom is -0.487 e. The zero-order valence-corrected chi connectivity index (χ0v) is 20.0. The topological polar surface area (TPSA) is 119 Å². The molecule has 1 aliphatic heterocycles. The Morgan fingerprint density at radius 3 is 2.48 bits per heavy atom. The van der Waals surface area contributed by atoms with Crippen molar-refractivity contribution in [2.75, 3.05) is 17.1 Å². The molecule has 0 saturated heterocycles. The number of sulfonamides is 1. The Balaban J connectivity index is 1.91. The van der Waals surface area contributed by atoms with Gasteiger partial charge in [0.1, 0.15) is 17.9 Å². The number of amides is 1. The van der Waals surface area contributed by atoms with Crippen LogP contribution in [0.4, 0.5) is 11.4 Å². The highest BCUT2D eigenvalue weighted by Gasteiger charge is 2.39. The lowest BCUT2D eigenvalue weighted by Crippen LogP contribution is -2.47. The van der Waals surface area contributed by atoms with Crippen LogP contribution >= 0.6 is 0 Å². The molecular formula is C23H29N3O6S. The molecule has 2 aromatic carbocycles. The third kappa shape index (κ3) is 5.11. The van der Waals surface area contributed by atoms with Crippen molar-refractivity contribution in [3.8, 4) is 5.75 Å². The summed E-state index contributed by atoms with van der Waals surface area (Å²) in [5, 5.41) is 14.3. The van der Waals surface area contributed by atoms with Crippen LogP contribution in [0.1, 0.15) is 50.3 Å². The van der Waals surface area contributed by atoms with Gasteiger partial charge in [-0.05, 0) is 31.9 Å². The number of hydrogen-bond donors (Lipinski definition) is 1. The molecule has 1 atom stereocenters. The van der Waals surface area contributed by atoms with Crippen molar-refractivity contribution >= 4 is 27.3 Å². The van der Waals surface area contributed by atoms with Gasteiger partial charge in [-0.15, -0.1) is 0 Å². The summed E-state index contributed by atoms with van der Waals surface area (Å²) in [6, 6.07) is 11.3. The van der Waals surface area contributed by atoms with Crippen LogP contribution in [-0.2, 0) is 14.8 Å². The first-order valence-corrected chi connectivity index (χ1v) is 12.6. The molecule has 0 fully saturated rings. The van der Waals surface area contributed by atoms with Gasteiger partial charge in [-0.1, -0.05) is 38.1 Å². The molecule has 0 unspecified atom stereocenters. The number of fused-ring (bicyclic) bond motifs is 1. The summed E-state index contributed by atoms with van der Waals surface area (Å²) in [6.07, 6.45) is 3.04. The average molecular weight is 476 g/mol. The molecule has 3 rings (SSSR count). The van der Waals surface area contributed by atoms with E-state index in [1.165, 1.54) is 25.1 Å². The number of carbonyl (C=O) groups is 1. The summed E-state index contributed by atoms with van der Waals surface area (Å²) in [5.41, 5.74) is 0.467. The molecule has 0 spiro atoms. The maximum absolute atomic E-state index is 13.1. The van der Waals surface area contributed by atoms with Crippen LogP contribution in [0.2, 0.25) is 0 Å². The van der Waals surface area contributed by atoms with Gasteiger partial charge < -0.3 is 10.1 Å². The van der Waals surface area contributed by atoms with E-state index in [-0.39, 0.29) is 23.0 Å². The Morgan fingerprint density at radius 1 is 1.21 bits per heavy atom. The number of nitro benzene ring substituents is 1. The molecule has 33 heavy (non-hydrogen) atoms. The zero-order valence-electron chi connectivity index (χ0n) is 19.2. The molecule has 1 heterocycles. The molecule has 9 nitrogen and oxygen atoms in total. The van der Waals surface area contributed by atoms with Crippen LogP contribution < -0.4 is 14.4 Å². The number of anilines is 1. The predicted molar refractivity (Wildman–Crippen MR) is 126 cm³/mol. The Hall–Kier alpha value is -3.14. The third-order valence-electron chi connectivity index (χ3n) is 6.25. The van der Waals surface area contributed by atoms with Crippen molar-refractivity contribution in [2.45, 2.75) is 51.7 Å². The second kappa shape index (κ2) is 9.38. The summed E-state index contributed by atoms with van der Waals surface area (Å²) in [5.74, 6) is 0.196. The fourth-order valence-electron chi connectivity index (χ4n) is 4.26. The fourth-order valence-corrected chi connectivity index (χ4v) is 5.17. The molecular weight excluding hydrogens is 446 g/mol. The predicted octanol–water partition coefficient (Wildman–Crippen LogP) is 3.87. The molecule has 10 heteroatoms. The van der Waals surface area contributed by atoms with Crippen molar-refractivity contribution in [2.24, 2.45) is 0 Å². The lowest BCUT2D eigenvalue weighted by Gasteiger charge is -2.41. The zero-order chi connectivity index (χ0) is 24.4. The van der Waals surface area contributed by atoms with Crippen molar-refractivity contribution in [3.05, 3.63) is 63.7 Å². The third-order valence-corrected chi connectivity index (χ3v) is 7.38. The standard InChI is InChI=1S/C23H29N3O6S/c1-5-23(6-2)14-18(17-10-7-8-13-21(17)32-23)24-22(27)15-25(33(4,30)31)19-11-9-12-20(16(19)3)26(28)29/h7-13,18H,5-6,14-15H2,1-4H3,(H,24,27)/t18-/m0/s1. The number of ether oxygens (including phenoxy) is 1. The summed E-state index contributed by atoms with van der Waals surface area (Å²) in [7, 11) is -3.89. The highest BCUT2D eigenvalue weighted by Crippen LogP contribution is 2.42. The van der Waals surface area contributed by atoms with E-state index in [1.807, 2.05) is 38.1 Å². The Kier molecular flexibility index (Phi) is 6.97. The number of carbonyl (C=O) groups excluding carboxylic acids is 1. The van der Waals surface area contributed by atoms with E-state index in [0.29, 0.717) is 12.2 Å². The second-order valence-electron chi connectivity index (χ2n) is 8.30. The van der Waals surface area contributed by atoms with Gasteiger partial charge in [0.2, 0.25) is 15.9 Å². The normalized spacial score (nSPS) is 16.9. The number of nitrogens with one attached hydrogen (secondary N) is 1. The first kappa shape index (κ1) is 24.5. The Morgan fingerprint density at radius 2 is 1.88 bits per heavy atom. The van der Waals surface area contributed by atoms with Gasteiger partial charge in [0.05, 0.1) is 28.5 Å². The summed E-state index contributed by atoms with van der Waals surface area (Å²) in [4.78, 5) is 23.8. The molecule has 1 aliphatic rings. The fraction of sp³-hybridized carbons (Fsp3) is 0.435. The number of hydrogen-bond acceptors (Lipinski definition) is 6. The Labute approximate surface area is 193 Å². The average Bonchev–Trinajstić information content (AvgIpc) is 2.76. The lowest BCUT2D eigenvalue weighted by molar-refractivity contribution is -0.385. The molecule has 1 N–H and O–H groups in total. The van der Waals surface area contributed by atoms with E-state index in [2.05, 4.69) is 5.32 Å². The van der Waals surface area contributed by atoms with E-state index >= 15 is 0 Å². The molecule has 0 bridgehead atoms. The van der Waals surface area contributed by atoms with E-state index in [4.69, 9.17) is 4.74 Å². The first-order valence-electron chi connectivity index (χ1n) is 10.8. The van der Waals surface area contributed by atoms with Crippen LogP contribution in [0.25, 0.3) is 0 Å². The largest absolute Gasteiger partial charge is 0.487 e. The van der Waals surface area contributed by atoms with Crippen molar-refractivity contribution in [1.29, 1.82) is 0 Å². The van der Waals surface area contributed by atoms with Gasteiger partial charge in [0, 0.05) is 18.1 Å². The number of nitrogens with zero attached hydrogens (tertiary/aromatic N) is 2. The van der Waals surface area contributed by atoms with E-state index < -0.39 is 33.0 Å². The van der Waals surface area contributed by atoms with E-state index in [1.54, 1.807) is 0 Å². The quantitative estimate of drug-likeness (QED) is 0.457. The van der Waals surface area contributed by atoms with Gasteiger partial charge in [0.15, 0.2) is 0 Å². The summed E-state index contributed by atoms with van der Waals surface area (Å²) in [6.45, 7) is 5.04. The van der Waals surface area contributed by atoms with Crippen molar-refractivity contribution in [3.63, 3.8) is 0 Å². The van der Waals surface area contributed by atoms with Gasteiger partial charge >= 0.3 is 0 Å². The molecule has 2 aromatic rings. The maximum atomic E-state index is 13.1. The highest BCUT2D eigenvalue weighted by atomic mass is 32.2. The molecule has 0 aromatic heterocycles. The smallest absolute Gasteiger partial charge is 0.274 e. The minimum absolute atomic E-state index is 0.102. The van der Waals surface area contributed by atoms with E-state index in [0.717, 1.165) is 29.0 Å². The van der Waals surface area contributed by atoms with Crippen LogP contribution in [0.5, 0.6) is 5.75 Å². The van der Waals surface area contributed by atoms with Gasteiger partial charge in [0.25, 0.3) is 5.69 Å². The summed E-state index contributed by atoms with van der Waals surface area (Å²) < 4.78 is 32.3. The number of benzene rings is 2. The SMILES string of the molecule is CCC1(CC)C[C@H](NC(=O)CN(c2cccc([N+](=O)[O-])c2C)S(C)(=O)=O)c2ccccc2O1. The molecule has 0 aliphatic carbocycles.